The van der Waals surface area contributed by atoms with Crippen LogP contribution in [0.5, 0.6) is 0 Å². The van der Waals surface area contributed by atoms with Crippen LogP contribution in [0, 0.1) is 30.1 Å². The van der Waals surface area contributed by atoms with Crippen LogP contribution in [-0.2, 0) is 9.53 Å². The van der Waals surface area contributed by atoms with E-state index in [1.54, 1.807) is 11.8 Å². The van der Waals surface area contributed by atoms with Gasteiger partial charge in [-0.2, -0.15) is 0 Å². The van der Waals surface area contributed by atoms with E-state index in [4.69, 9.17) is 4.74 Å². The van der Waals surface area contributed by atoms with Crippen molar-refractivity contribution in [1.82, 2.24) is 14.8 Å². The van der Waals surface area contributed by atoms with Gasteiger partial charge in [0.25, 0.3) is 0 Å². The molecule has 170 valence electrons. The molecule has 1 aromatic heterocycles. The number of thioether (sulfide) groups is 1. The Morgan fingerprint density at radius 2 is 1.66 bits per heavy atom. The summed E-state index contributed by atoms with van der Waals surface area (Å²) in [4.78, 5) is 15.8. The van der Waals surface area contributed by atoms with Crippen molar-refractivity contribution in [2.75, 3.05) is 37.0 Å². The van der Waals surface area contributed by atoms with Gasteiger partial charge < -0.3 is 9.64 Å². The van der Waals surface area contributed by atoms with E-state index in [1.807, 2.05) is 0 Å². The molecule has 1 aliphatic heterocycles. The number of carbonyl (C=O) groups excluding carboxylic acids is 1. The fraction of sp³-hybridized carbons (Fsp3) is 0.640. The second-order valence-corrected chi connectivity index (χ2v) is 11.4. The summed E-state index contributed by atoms with van der Waals surface area (Å²) in [6.07, 6.45) is 7.48. The zero-order valence-corrected chi connectivity index (χ0v) is 19.6. The van der Waals surface area contributed by atoms with Gasteiger partial charge in [0.15, 0.2) is 5.16 Å². The summed E-state index contributed by atoms with van der Waals surface area (Å²) in [5, 5.41) is 9.92. The van der Waals surface area contributed by atoms with Crippen LogP contribution in [0.3, 0.4) is 0 Å². The monoisotopic (exact) mass is 452 g/mol. The van der Waals surface area contributed by atoms with Crippen molar-refractivity contribution in [3.8, 4) is 5.69 Å². The minimum atomic E-state index is -0.0521. The van der Waals surface area contributed by atoms with Crippen molar-refractivity contribution >= 4 is 23.5 Å². The molecule has 4 aliphatic carbocycles. The van der Waals surface area contributed by atoms with Crippen molar-refractivity contribution in [2.45, 2.75) is 50.6 Å². The number of Topliss-reactive ketones (excluding diaryl/α,β-unsaturated/α-hetero) is 1. The molecule has 0 N–H and O–H groups in total. The molecule has 6 nitrogen and oxygen atoms in total. The van der Waals surface area contributed by atoms with Gasteiger partial charge in [-0.25, -0.2) is 0 Å². The van der Waals surface area contributed by atoms with E-state index >= 15 is 0 Å². The Kier molecular flexibility index (Phi) is 5.29. The van der Waals surface area contributed by atoms with Crippen LogP contribution < -0.4 is 4.90 Å². The van der Waals surface area contributed by atoms with Gasteiger partial charge in [0.1, 0.15) is 5.78 Å². The number of carbonyl (C=O) groups is 1. The predicted molar refractivity (Wildman–Crippen MR) is 125 cm³/mol. The van der Waals surface area contributed by atoms with Crippen LogP contribution in [0.15, 0.2) is 29.4 Å². The molecular formula is C25H32N4O2S. The van der Waals surface area contributed by atoms with Gasteiger partial charge in [0, 0.05) is 18.5 Å². The number of ketones is 1. The van der Waals surface area contributed by atoms with Gasteiger partial charge in [-0.05, 0) is 75.3 Å². The number of hydrogen-bond donors (Lipinski definition) is 0. The number of ether oxygens (including phenoxy) is 1. The molecule has 4 saturated carbocycles. The molecule has 7 heteroatoms. The van der Waals surface area contributed by atoms with Crippen LogP contribution in [0.2, 0.25) is 0 Å². The van der Waals surface area contributed by atoms with Gasteiger partial charge in [-0.1, -0.05) is 29.5 Å². The Hall–Kier alpha value is -1.86. The quantitative estimate of drug-likeness (QED) is 0.610. The molecule has 0 unspecified atom stereocenters. The molecule has 5 aliphatic rings. The largest absolute Gasteiger partial charge is 0.378 e. The molecule has 0 atom stereocenters. The molecule has 32 heavy (non-hydrogen) atoms. The van der Waals surface area contributed by atoms with E-state index in [2.05, 4.69) is 50.9 Å². The molecule has 0 radical (unpaired) electrons. The molecule has 4 bridgehead atoms. The maximum absolute atomic E-state index is 13.6. The summed E-state index contributed by atoms with van der Waals surface area (Å²) in [6.45, 7) is 5.11. The number of aromatic nitrogens is 3. The normalized spacial score (nSPS) is 31.3. The lowest BCUT2D eigenvalue weighted by atomic mass is 9.48. The number of morpholine rings is 1. The van der Waals surface area contributed by atoms with E-state index < -0.39 is 0 Å². The van der Waals surface area contributed by atoms with Crippen LogP contribution in [0.1, 0.15) is 44.1 Å². The molecule has 1 saturated heterocycles. The summed E-state index contributed by atoms with van der Waals surface area (Å²) < 4.78 is 7.66. The molecule has 0 spiro atoms. The Morgan fingerprint density at radius 3 is 2.28 bits per heavy atom. The highest BCUT2D eigenvalue weighted by Crippen LogP contribution is 2.60. The van der Waals surface area contributed by atoms with Crippen molar-refractivity contribution in [2.24, 2.45) is 23.2 Å². The molecule has 2 aromatic rings. The van der Waals surface area contributed by atoms with Crippen molar-refractivity contribution < 1.29 is 9.53 Å². The second kappa shape index (κ2) is 8.17. The lowest BCUT2D eigenvalue weighted by Crippen LogP contribution is -2.50. The number of hydrogen-bond acceptors (Lipinski definition) is 6. The molecular weight excluding hydrogens is 420 g/mol. The van der Waals surface area contributed by atoms with E-state index in [0.717, 1.165) is 66.9 Å². The third-order valence-corrected chi connectivity index (χ3v) is 9.09. The number of anilines is 1. The summed E-state index contributed by atoms with van der Waals surface area (Å²) in [5.41, 5.74) is 2.22. The lowest BCUT2D eigenvalue weighted by molar-refractivity contribution is -0.141. The zero-order chi connectivity index (χ0) is 21.7. The molecule has 5 fully saturated rings. The third kappa shape index (κ3) is 3.67. The minimum Gasteiger partial charge on any atom is -0.378 e. The van der Waals surface area contributed by atoms with E-state index in [9.17, 15) is 4.79 Å². The average Bonchev–Trinajstić information content (AvgIpc) is 3.21. The fourth-order valence-electron chi connectivity index (χ4n) is 6.98. The van der Waals surface area contributed by atoms with Crippen LogP contribution in [-0.4, -0.2) is 52.6 Å². The summed E-state index contributed by atoms with van der Waals surface area (Å²) in [7, 11) is 0. The number of benzene rings is 1. The van der Waals surface area contributed by atoms with Gasteiger partial charge in [-0.15, -0.1) is 10.2 Å². The Morgan fingerprint density at radius 1 is 1.03 bits per heavy atom. The van der Waals surface area contributed by atoms with Gasteiger partial charge in [0.2, 0.25) is 5.95 Å². The number of aryl methyl sites for hydroxylation is 1. The highest BCUT2D eigenvalue weighted by atomic mass is 32.2. The van der Waals surface area contributed by atoms with Crippen molar-refractivity contribution in [3.63, 3.8) is 0 Å². The first-order valence-corrected chi connectivity index (χ1v) is 13.1. The topological polar surface area (TPSA) is 60.2 Å². The number of rotatable bonds is 6. The third-order valence-electron chi connectivity index (χ3n) is 8.16. The SMILES string of the molecule is Cc1ccc(-n2c(SCC(=O)C34CC5CC(CC(C5)C3)C4)nnc2N2CCOCC2)cc1. The van der Waals surface area contributed by atoms with Gasteiger partial charge in [0.05, 0.1) is 24.7 Å². The Labute approximate surface area is 194 Å². The smallest absolute Gasteiger partial charge is 0.232 e. The first-order valence-electron chi connectivity index (χ1n) is 12.1. The maximum atomic E-state index is 13.6. The highest BCUT2D eigenvalue weighted by Gasteiger charge is 2.54. The molecule has 0 amide bonds. The van der Waals surface area contributed by atoms with Crippen LogP contribution in [0.4, 0.5) is 5.95 Å². The molecule has 1 aromatic carbocycles. The first-order chi connectivity index (χ1) is 15.6. The molecule has 7 rings (SSSR count). The van der Waals surface area contributed by atoms with Crippen LogP contribution in [0.25, 0.3) is 5.69 Å². The van der Waals surface area contributed by atoms with Gasteiger partial charge in [-0.3, -0.25) is 9.36 Å². The summed E-state index contributed by atoms with van der Waals surface area (Å²) in [6, 6.07) is 8.47. The van der Waals surface area contributed by atoms with Crippen molar-refractivity contribution in [1.29, 1.82) is 0 Å². The minimum absolute atomic E-state index is 0.0521. The standard InChI is InChI=1S/C25H32N4O2S/c1-17-2-4-21(5-3-17)29-23(28-6-8-31-9-7-28)26-27-24(29)32-16-22(30)25-13-18-10-19(14-25)12-20(11-18)15-25/h2-5,18-20H,6-16H2,1H3. The highest BCUT2D eigenvalue weighted by molar-refractivity contribution is 7.99. The summed E-state index contributed by atoms with van der Waals surface area (Å²) in [5.74, 6) is 4.17. The van der Waals surface area contributed by atoms with Crippen LogP contribution >= 0.6 is 11.8 Å². The van der Waals surface area contributed by atoms with E-state index in [1.165, 1.54) is 24.8 Å². The zero-order valence-electron chi connectivity index (χ0n) is 18.8. The maximum Gasteiger partial charge on any atom is 0.232 e. The fourth-order valence-corrected chi connectivity index (χ4v) is 7.96. The van der Waals surface area contributed by atoms with Crippen molar-refractivity contribution in [3.05, 3.63) is 29.8 Å². The molecule has 2 heterocycles. The Bertz CT molecular complexity index is 961. The Balaban J connectivity index is 1.25. The average molecular weight is 453 g/mol. The predicted octanol–water partition coefficient (Wildman–Crippen LogP) is 4.29. The van der Waals surface area contributed by atoms with E-state index in [-0.39, 0.29) is 5.41 Å². The van der Waals surface area contributed by atoms with Gasteiger partial charge >= 0.3 is 0 Å². The first kappa shape index (κ1) is 20.7. The number of nitrogens with zero attached hydrogens (tertiary/aromatic N) is 4. The van der Waals surface area contributed by atoms with E-state index in [0.29, 0.717) is 24.7 Å². The second-order valence-electron chi connectivity index (χ2n) is 10.5. The summed E-state index contributed by atoms with van der Waals surface area (Å²) >= 11 is 1.57. The lowest BCUT2D eigenvalue weighted by Gasteiger charge is -2.56.